The van der Waals surface area contributed by atoms with Crippen molar-refractivity contribution in [3.63, 3.8) is 0 Å². The zero-order valence-electron chi connectivity index (χ0n) is 29.3. The molecule has 0 heterocycles. The van der Waals surface area contributed by atoms with Crippen LogP contribution in [0.5, 0.6) is 0 Å². The molecule has 8 N–H and O–H groups in total. The first kappa shape index (κ1) is 45.7. The molecule has 15 heteroatoms. The molecule has 0 aliphatic heterocycles. The van der Waals surface area contributed by atoms with Crippen LogP contribution in [0, 0.1) is 23.7 Å². The number of hydrogen-bond acceptors (Lipinski definition) is 11. The van der Waals surface area contributed by atoms with Gasteiger partial charge in [0.05, 0.1) is 49.7 Å². The predicted molar refractivity (Wildman–Crippen MR) is 176 cm³/mol. The van der Waals surface area contributed by atoms with E-state index in [0.29, 0.717) is 12.8 Å². The van der Waals surface area contributed by atoms with Gasteiger partial charge in [-0.2, -0.15) is 0 Å². The lowest BCUT2D eigenvalue weighted by Gasteiger charge is -2.31. The zero-order valence-corrected chi connectivity index (χ0v) is 29.3. The van der Waals surface area contributed by atoms with Crippen molar-refractivity contribution >= 4 is 35.8 Å². The molecule has 0 unspecified atom stereocenters. The summed E-state index contributed by atoms with van der Waals surface area (Å²) in [5.41, 5.74) is 5.64. The second-order valence-electron chi connectivity index (χ2n) is 13.5. The lowest BCUT2D eigenvalue weighted by atomic mass is 9.89. The van der Waals surface area contributed by atoms with Gasteiger partial charge in [-0.3, -0.25) is 28.8 Å². The Morgan fingerprint density at radius 2 is 1.00 bits per heavy atom. The van der Waals surface area contributed by atoms with Crippen LogP contribution in [0.1, 0.15) is 124 Å². The zero-order chi connectivity index (χ0) is 37.7. The van der Waals surface area contributed by atoms with Gasteiger partial charge in [0.25, 0.3) is 0 Å². The molecule has 0 aliphatic rings. The highest BCUT2D eigenvalue weighted by Crippen LogP contribution is 2.27. The Bertz CT molecular complexity index is 1030. The quantitative estimate of drug-likeness (QED) is 0.0433. The number of esters is 2. The van der Waals surface area contributed by atoms with E-state index in [4.69, 9.17) is 25.4 Å². The number of rotatable bonds is 29. The molecule has 0 aliphatic carbocycles. The third-order valence-corrected chi connectivity index (χ3v) is 8.50. The molecule has 284 valence electrons. The van der Waals surface area contributed by atoms with E-state index < -0.39 is 104 Å². The summed E-state index contributed by atoms with van der Waals surface area (Å²) in [6.07, 6.45) is -0.0936. The van der Waals surface area contributed by atoms with Crippen LogP contribution in [-0.2, 0) is 38.2 Å². The molecule has 0 amide bonds. The van der Waals surface area contributed by atoms with E-state index in [1.165, 1.54) is 0 Å². The van der Waals surface area contributed by atoms with E-state index in [9.17, 15) is 49.2 Å². The SMILES string of the molecule is CCC[C@H](C)C[C@H](OC(=O)C[C@H](CC(=O)O)C(=O)O)[C@H](C[C@H](C)CCCCCC[C@H](O)C[C@H](O)[C@H](C)N)OC(=O)C[C@@H](CC(=O)O)C(=O)O. The number of nitrogens with two attached hydrogens (primary N) is 1. The van der Waals surface area contributed by atoms with Crippen LogP contribution >= 0.6 is 0 Å². The Balaban J connectivity index is 5.81. The standard InChI is InChI=1S/C34H59NO14/c1-5-10-20(2)13-27(48-31(42)17-23(33(44)45)15-29(38)39)28(49-32(43)18-24(34(46)47)16-30(40)41)14-21(3)11-8-6-7-9-12-25(36)19-26(37)22(4)35/h20-28,36-37H,5-19,35H2,1-4H3,(H,38,39)(H,40,41)(H,44,45)(H,46,47)/t20-,21+,22-,23-,24+,25-,26-,27-,28-/m0/s1. The van der Waals surface area contributed by atoms with Crippen molar-refractivity contribution in [1.82, 2.24) is 0 Å². The normalized spacial score (nSPS) is 17.0. The van der Waals surface area contributed by atoms with Gasteiger partial charge in [-0.15, -0.1) is 0 Å². The van der Waals surface area contributed by atoms with Gasteiger partial charge in [0.2, 0.25) is 0 Å². The highest BCUT2D eigenvalue weighted by molar-refractivity contribution is 5.83. The molecule has 0 saturated carbocycles. The average Bonchev–Trinajstić information content (AvgIpc) is 2.96. The molecule has 0 aromatic rings. The molecule has 15 nitrogen and oxygen atoms in total. The highest BCUT2D eigenvalue weighted by Gasteiger charge is 2.35. The van der Waals surface area contributed by atoms with Gasteiger partial charge in [-0.1, -0.05) is 65.7 Å². The smallest absolute Gasteiger partial charge is 0.307 e. The van der Waals surface area contributed by atoms with Gasteiger partial charge >= 0.3 is 35.8 Å². The molecule has 0 fully saturated rings. The summed E-state index contributed by atoms with van der Waals surface area (Å²) >= 11 is 0. The fourth-order valence-electron chi connectivity index (χ4n) is 5.66. The molecule has 0 bridgehead atoms. The lowest BCUT2D eigenvalue weighted by molar-refractivity contribution is -0.174. The third kappa shape index (κ3) is 22.1. The van der Waals surface area contributed by atoms with Crippen LogP contribution in [0.25, 0.3) is 0 Å². The first-order valence-electron chi connectivity index (χ1n) is 17.3. The molecule has 9 atom stereocenters. The minimum absolute atomic E-state index is 0.0306. The van der Waals surface area contributed by atoms with Gasteiger partial charge in [0, 0.05) is 12.5 Å². The number of unbranched alkanes of at least 4 members (excludes halogenated alkanes) is 3. The Labute approximate surface area is 288 Å². The van der Waals surface area contributed by atoms with Crippen LogP contribution in [0.3, 0.4) is 0 Å². The summed E-state index contributed by atoms with van der Waals surface area (Å²) < 4.78 is 11.4. The number of ether oxygens (including phenoxy) is 2. The van der Waals surface area contributed by atoms with E-state index in [1.54, 1.807) is 6.92 Å². The highest BCUT2D eigenvalue weighted by atomic mass is 16.6. The summed E-state index contributed by atoms with van der Waals surface area (Å²) in [5, 5.41) is 57.0. The summed E-state index contributed by atoms with van der Waals surface area (Å²) in [7, 11) is 0. The molecule has 0 aromatic heterocycles. The van der Waals surface area contributed by atoms with Crippen LogP contribution in [-0.4, -0.2) is 96.9 Å². The van der Waals surface area contributed by atoms with Crippen molar-refractivity contribution in [3.8, 4) is 0 Å². The van der Waals surface area contributed by atoms with Crippen LogP contribution in [0.15, 0.2) is 0 Å². The molecule has 0 spiro atoms. The van der Waals surface area contributed by atoms with Gasteiger partial charge in [-0.05, 0) is 38.0 Å². The summed E-state index contributed by atoms with van der Waals surface area (Å²) in [6.45, 7) is 7.44. The first-order chi connectivity index (χ1) is 22.9. The summed E-state index contributed by atoms with van der Waals surface area (Å²) in [4.78, 5) is 71.5. The van der Waals surface area contributed by atoms with Gasteiger partial charge < -0.3 is 45.8 Å². The van der Waals surface area contributed by atoms with Crippen molar-refractivity contribution in [1.29, 1.82) is 0 Å². The Kier molecular flexibility index (Phi) is 23.1. The van der Waals surface area contributed by atoms with Gasteiger partial charge in [-0.25, -0.2) is 0 Å². The molecular formula is C34H59NO14. The maximum Gasteiger partial charge on any atom is 0.307 e. The maximum atomic E-state index is 13.0. The van der Waals surface area contributed by atoms with Crippen LogP contribution in [0.2, 0.25) is 0 Å². The monoisotopic (exact) mass is 705 g/mol. The van der Waals surface area contributed by atoms with Crippen molar-refractivity contribution in [2.24, 2.45) is 29.4 Å². The molecule has 0 aromatic carbocycles. The number of aliphatic carboxylic acids is 4. The van der Waals surface area contributed by atoms with E-state index in [1.807, 2.05) is 20.8 Å². The van der Waals surface area contributed by atoms with Crippen molar-refractivity contribution in [3.05, 3.63) is 0 Å². The topological polar surface area (TPSA) is 268 Å². The number of aliphatic hydroxyl groups is 2. The summed E-state index contributed by atoms with van der Waals surface area (Å²) in [5.74, 6) is -11.0. The molecule has 49 heavy (non-hydrogen) atoms. The van der Waals surface area contributed by atoms with Crippen LogP contribution < -0.4 is 5.73 Å². The van der Waals surface area contributed by atoms with Gasteiger partial charge in [0.1, 0.15) is 12.2 Å². The molecule has 0 radical (unpaired) electrons. The molecule has 0 saturated heterocycles. The lowest BCUT2D eigenvalue weighted by Crippen LogP contribution is -2.39. The average molecular weight is 706 g/mol. The fraction of sp³-hybridized carbons (Fsp3) is 0.824. The predicted octanol–water partition coefficient (Wildman–Crippen LogP) is 3.59. The minimum atomic E-state index is -1.55. The van der Waals surface area contributed by atoms with E-state index in [0.717, 1.165) is 38.5 Å². The molecular weight excluding hydrogens is 646 g/mol. The van der Waals surface area contributed by atoms with Crippen molar-refractivity contribution < 1.29 is 68.9 Å². The number of aliphatic hydroxyl groups excluding tert-OH is 2. The summed E-state index contributed by atoms with van der Waals surface area (Å²) in [6, 6.07) is -0.431. The maximum absolute atomic E-state index is 13.0. The number of carboxylic acids is 4. The Hall–Kier alpha value is -3.30. The van der Waals surface area contributed by atoms with E-state index in [-0.39, 0.29) is 31.1 Å². The second kappa shape index (κ2) is 24.8. The minimum Gasteiger partial charge on any atom is -0.481 e. The Morgan fingerprint density at radius 1 is 0.592 bits per heavy atom. The number of hydrogen-bond donors (Lipinski definition) is 7. The third-order valence-electron chi connectivity index (χ3n) is 8.50. The Morgan fingerprint density at radius 3 is 1.37 bits per heavy atom. The molecule has 0 rings (SSSR count). The number of carboxylic acid groups (broad SMARTS) is 4. The van der Waals surface area contributed by atoms with E-state index in [2.05, 4.69) is 0 Å². The first-order valence-corrected chi connectivity index (χ1v) is 17.3. The van der Waals surface area contributed by atoms with Crippen LogP contribution in [0.4, 0.5) is 0 Å². The largest absolute Gasteiger partial charge is 0.481 e. The van der Waals surface area contributed by atoms with E-state index >= 15 is 0 Å². The number of carbonyl (C=O) groups excluding carboxylic acids is 2. The van der Waals surface area contributed by atoms with Crippen molar-refractivity contribution in [2.45, 2.75) is 154 Å². The van der Waals surface area contributed by atoms with Crippen molar-refractivity contribution in [2.75, 3.05) is 0 Å². The second-order valence-corrected chi connectivity index (χ2v) is 13.5. The fourth-order valence-corrected chi connectivity index (χ4v) is 5.66. The van der Waals surface area contributed by atoms with Gasteiger partial charge in [0.15, 0.2) is 0 Å². The number of carbonyl (C=O) groups is 6.